The number of nitrogen functional groups attached to an aromatic ring is 1. The van der Waals surface area contributed by atoms with E-state index >= 15 is 0 Å². The van der Waals surface area contributed by atoms with E-state index in [0.29, 0.717) is 17.1 Å². The fourth-order valence-electron chi connectivity index (χ4n) is 1.58. The van der Waals surface area contributed by atoms with E-state index in [9.17, 15) is 14.9 Å². The Balaban J connectivity index is 1.86. The number of rotatable bonds is 5. The monoisotopic (exact) mass is 287 g/mol. The number of carbonyl (C=O) groups is 1. The maximum atomic E-state index is 11.7. The summed E-state index contributed by atoms with van der Waals surface area (Å²) in [5, 5.41) is 13.1. The summed E-state index contributed by atoms with van der Waals surface area (Å²) >= 11 is 0. The minimum Gasteiger partial charge on any atom is -0.484 e. The van der Waals surface area contributed by atoms with E-state index < -0.39 is 4.92 Å². The SMILES string of the molecule is Nc1ccc(OCC(=O)Nc2ccc([N+](=O)[O-])cc2)cc1. The summed E-state index contributed by atoms with van der Waals surface area (Å²) in [5.41, 5.74) is 6.57. The number of amides is 1. The number of nitrogens with one attached hydrogen (secondary N) is 1. The lowest BCUT2D eigenvalue weighted by molar-refractivity contribution is -0.384. The summed E-state index contributed by atoms with van der Waals surface area (Å²) in [5.74, 6) is 0.170. The first-order valence-corrected chi connectivity index (χ1v) is 6.07. The number of anilines is 2. The molecule has 7 heteroatoms. The van der Waals surface area contributed by atoms with Crippen molar-refractivity contribution in [2.45, 2.75) is 0 Å². The number of hydrogen-bond acceptors (Lipinski definition) is 5. The van der Waals surface area contributed by atoms with E-state index in [1.165, 1.54) is 24.3 Å². The molecular weight excluding hydrogens is 274 g/mol. The fourth-order valence-corrected chi connectivity index (χ4v) is 1.58. The molecule has 0 unspecified atom stereocenters. The third-order valence-electron chi connectivity index (χ3n) is 2.61. The predicted molar refractivity (Wildman–Crippen MR) is 78.1 cm³/mol. The Labute approximate surface area is 120 Å². The minimum atomic E-state index is -0.504. The first-order valence-electron chi connectivity index (χ1n) is 6.07. The van der Waals surface area contributed by atoms with E-state index in [1.807, 2.05) is 0 Å². The van der Waals surface area contributed by atoms with Crippen LogP contribution in [0.2, 0.25) is 0 Å². The van der Waals surface area contributed by atoms with Crippen molar-refractivity contribution >= 4 is 23.0 Å². The standard InChI is InChI=1S/C14H13N3O4/c15-10-1-7-13(8-2-10)21-9-14(18)16-11-3-5-12(6-4-11)17(19)20/h1-8H,9,15H2,(H,16,18). The van der Waals surface area contributed by atoms with Gasteiger partial charge in [-0.3, -0.25) is 14.9 Å². The molecule has 0 heterocycles. The zero-order chi connectivity index (χ0) is 15.2. The normalized spacial score (nSPS) is 9.90. The van der Waals surface area contributed by atoms with Gasteiger partial charge in [-0.2, -0.15) is 0 Å². The van der Waals surface area contributed by atoms with E-state index in [0.717, 1.165) is 0 Å². The Morgan fingerprint density at radius 1 is 1.14 bits per heavy atom. The van der Waals surface area contributed by atoms with Gasteiger partial charge in [0.1, 0.15) is 5.75 Å². The van der Waals surface area contributed by atoms with Gasteiger partial charge in [0.2, 0.25) is 0 Å². The van der Waals surface area contributed by atoms with Crippen LogP contribution < -0.4 is 15.8 Å². The molecule has 1 amide bonds. The quantitative estimate of drug-likeness (QED) is 0.498. The van der Waals surface area contributed by atoms with Gasteiger partial charge < -0.3 is 15.8 Å². The number of nitrogens with two attached hydrogens (primary N) is 1. The van der Waals surface area contributed by atoms with Gasteiger partial charge in [0, 0.05) is 23.5 Å². The molecule has 0 radical (unpaired) electrons. The third-order valence-corrected chi connectivity index (χ3v) is 2.61. The molecule has 7 nitrogen and oxygen atoms in total. The van der Waals surface area contributed by atoms with Gasteiger partial charge in [-0.25, -0.2) is 0 Å². The Morgan fingerprint density at radius 2 is 1.76 bits per heavy atom. The molecule has 2 aromatic rings. The van der Waals surface area contributed by atoms with Crippen LogP contribution in [0.4, 0.5) is 17.1 Å². The van der Waals surface area contributed by atoms with Crippen LogP contribution in [0.25, 0.3) is 0 Å². The molecule has 0 spiro atoms. The van der Waals surface area contributed by atoms with Crippen molar-refractivity contribution in [2.75, 3.05) is 17.7 Å². The van der Waals surface area contributed by atoms with Crippen LogP contribution in [-0.4, -0.2) is 17.4 Å². The van der Waals surface area contributed by atoms with Crippen molar-refractivity contribution < 1.29 is 14.5 Å². The van der Waals surface area contributed by atoms with Crippen molar-refractivity contribution in [3.8, 4) is 5.75 Å². The second kappa shape index (κ2) is 6.38. The van der Waals surface area contributed by atoms with Crippen molar-refractivity contribution in [1.29, 1.82) is 0 Å². The van der Waals surface area contributed by atoms with Gasteiger partial charge in [-0.1, -0.05) is 0 Å². The Kier molecular flexibility index (Phi) is 4.35. The molecule has 0 bridgehead atoms. The summed E-state index contributed by atoms with van der Waals surface area (Å²) < 4.78 is 5.28. The van der Waals surface area contributed by atoms with Crippen LogP contribution in [0.5, 0.6) is 5.75 Å². The molecule has 21 heavy (non-hydrogen) atoms. The van der Waals surface area contributed by atoms with E-state index in [-0.39, 0.29) is 18.2 Å². The van der Waals surface area contributed by atoms with Gasteiger partial charge in [-0.15, -0.1) is 0 Å². The molecule has 0 aliphatic carbocycles. The van der Waals surface area contributed by atoms with Crippen LogP contribution in [0.1, 0.15) is 0 Å². The highest BCUT2D eigenvalue weighted by atomic mass is 16.6. The molecule has 0 aliphatic rings. The van der Waals surface area contributed by atoms with E-state index in [1.54, 1.807) is 24.3 Å². The van der Waals surface area contributed by atoms with Crippen LogP contribution in [-0.2, 0) is 4.79 Å². The zero-order valence-electron chi connectivity index (χ0n) is 11.0. The number of carbonyl (C=O) groups excluding carboxylic acids is 1. The first kappa shape index (κ1) is 14.3. The maximum Gasteiger partial charge on any atom is 0.269 e. The largest absolute Gasteiger partial charge is 0.484 e. The zero-order valence-corrected chi connectivity index (χ0v) is 11.0. The Bertz CT molecular complexity index is 638. The van der Waals surface area contributed by atoms with Crippen molar-refractivity contribution in [3.05, 3.63) is 58.6 Å². The van der Waals surface area contributed by atoms with Crippen molar-refractivity contribution in [1.82, 2.24) is 0 Å². The highest BCUT2D eigenvalue weighted by molar-refractivity contribution is 5.91. The summed E-state index contributed by atoms with van der Waals surface area (Å²) in [4.78, 5) is 21.7. The minimum absolute atomic E-state index is 0.0360. The van der Waals surface area contributed by atoms with Crippen LogP contribution in [0, 0.1) is 10.1 Å². The molecule has 0 aromatic heterocycles. The van der Waals surface area contributed by atoms with Gasteiger partial charge in [-0.05, 0) is 36.4 Å². The summed E-state index contributed by atoms with van der Waals surface area (Å²) in [7, 11) is 0. The lowest BCUT2D eigenvalue weighted by atomic mass is 10.3. The molecular formula is C14H13N3O4. The second-order valence-electron chi connectivity index (χ2n) is 4.21. The smallest absolute Gasteiger partial charge is 0.269 e. The molecule has 3 N–H and O–H groups in total. The summed E-state index contributed by atoms with van der Waals surface area (Å²) in [6.07, 6.45) is 0. The predicted octanol–water partition coefficient (Wildman–Crippen LogP) is 2.19. The van der Waals surface area contributed by atoms with E-state index in [4.69, 9.17) is 10.5 Å². The topological polar surface area (TPSA) is 107 Å². The fraction of sp³-hybridized carbons (Fsp3) is 0.0714. The van der Waals surface area contributed by atoms with E-state index in [2.05, 4.69) is 5.32 Å². The third kappa shape index (κ3) is 4.20. The Hall–Kier alpha value is -3.09. The second-order valence-corrected chi connectivity index (χ2v) is 4.21. The number of non-ortho nitro benzene ring substituents is 1. The molecule has 2 aromatic carbocycles. The number of hydrogen-bond donors (Lipinski definition) is 2. The van der Waals surface area contributed by atoms with Crippen LogP contribution in [0.15, 0.2) is 48.5 Å². The number of nitro groups is 1. The Morgan fingerprint density at radius 3 is 2.33 bits per heavy atom. The molecule has 0 fully saturated rings. The lowest BCUT2D eigenvalue weighted by Gasteiger charge is -2.07. The summed E-state index contributed by atoms with van der Waals surface area (Å²) in [6.45, 7) is -0.166. The average Bonchev–Trinajstić information content (AvgIpc) is 2.47. The molecule has 0 saturated carbocycles. The molecule has 0 atom stereocenters. The maximum absolute atomic E-state index is 11.7. The highest BCUT2D eigenvalue weighted by Crippen LogP contribution is 2.16. The van der Waals surface area contributed by atoms with Gasteiger partial charge in [0.15, 0.2) is 6.61 Å². The number of ether oxygens (including phenoxy) is 1. The number of nitrogens with zero attached hydrogens (tertiary/aromatic N) is 1. The summed E-state index contributed by atoms with van der Waals surface area (Å²) in [6, 6.07) is 12.2. The lowest BCUT2D eigenvalue weighted by Crippen LogP contribution is -2.20. The van der Waals surface area contributed by atoms with Crippen molar-refractivity contribution in [3.63, 3.8) is 0 Å². The van der Waals surface area contributed by atoms with Crippen LogP contribution in [0.3, 0.4) is 0 Å². The molecule has 2 rings (SSSR count). The highest BCUT2D eigenvalue weighted by Gasteiger charge is 2.07. The average molecular weight is 287 g/mol. The van der Waals surface area contributed by atoms with Gasteiger partial charge in [0.05, 0.1) is 4.92 Å². The molecule has 0 aliphatic heterocycles. The van der Waals surface area contributed by atoms with Crippen molar-refractivity contribution in [2.24, 2.45) is 0 Å². The van der Waals surface area contributed by atoms with Crippen LogP contribution >= 0.6 is 0 Å². The molecule has 108 valence electrons. The van der Waals surface area contributed by atoms with Gasteiger partial charge >= 0.3 is 0 Å². The van der Waals surface area contributed by atoms with Gasteiger partial charge in [0.25, 0.3) is 11.6 Å². The number of benzene rings is 2. The molecule has 0 saturated heterocycles. The number of nitro benzene ring substituents is 1. The first-order chi connectivity index (χ1) is 10.0.